The largest absolute Gasteiger partial charge is 0.318 e. The zero-order valence-electron chi connectivity index (χ0n) is 20.3. The van der Waals surface area contributed by atoms with Crippen LogP contribution in [0.4, 0.5) is 11.4 Å². The van der Waals surface area contributed by atoms with Gasteiger partial charge in [0.15, 0.2) is 0 Å². The van der Waals surface area contributed by atoms with Gasteiger partial charge in [-0.05, 0) is 56.3 Å². The second-order valence-corrected chi connectivity index (χ2v) is 11.1. The van der Waals surface area contributed by atoms with Gasteiger partial charge >= 0.3 is 0 Å². The Morgan fingerprint density at radius 3 is 2.22 bits per heavy atom. The van der Waals surface area contributed by atoms with E-state index in [0.717, 1.165) is 9.87 Å². The molecule has 0 spiro atoms. The number of rotatable bonds is 7. The van der Waals surface area contributed by atoms with E-state index in [1.807, 2.05) is 13.0 Å². The van der Waals surface area contributed by atoms with Gasteiger partial charge in [-0.1, -0.05) is 59.1 Å². The molecule has 11 heteroatoms. The average Bonchev–Trinajstić information content (AvgIpc) is 3.08. The number of benzene rings is 3. The minimum atomic E-state index is -4.17. The molecule has 0 atom stereocenters. The number of hydrogen-bond donors (Lipinski definition) is 1. The van der Waals surface area contributed by atoms with Crippen molar-refractivity contribution in [1.82, 2.24) is 9.36 Å². The van der Waals surface area contributed by atoms with E-state index in [1.165, 1.54) is 35.0 Å². The van der Waals surface area contributed by atoms with E-state index in [0.29, 0.717) is 11.4 Å². The van der Waals surface area contributed by atoms with Crippen LogP contribution in [-0.2, 0) is 21.9 Å². The molecular weight excluding hydrogens is 535 g/mol. The number of para-hydroxylation sites is 1. The van der Waals surface area contributed by atoms with Crippen molar-refractivity contribution < 1.29 is 13.2 Å². The lowest BCUT2D eigenvalue weighted by Gasteiger charge is -2.24. The van der Waals surface area contributed by atoms with Gasteiger partial charge in [0.2, 0.25) is 5.91 Å². The van der Waals surface area contributed by atoms with Crippen LogP contribution in [-0.4, -0.2) is 30.2 Å². The van der Waals surface area contributed by atoms with Crippen molar-refractivity contribution in [2.75, 3.05) is 16.2 Å². The van der Waals surface area contributed by atoms with Gasteiger partial charge in [-0.3, -0.25) is 18.6 Å². The van der Waals surface area contributed by atoms with Crippen LogP contribution in [0.2, 0.25) is 10.0 Å². The normalized spacial score (nSPS) is 11.4. The Morgan fingerprint density at radius 2 is 1.59 bits per heavy atom. The summed E-state index contributed by atoms with van der Waals surface area (Å²) < 4.78 is 31.2. The molecule has 1 N–H and O–H groups in total. The first kappa shape index (κ1) is 26.5. The molecule has 3 aromatic carbocycles. The van der Waals surface area contributed by atoms with Crippen LogP contribution in [0.15, 0.2) is 82.5 Å². The van der Waals surface area contributed by atoms with E-state index in [-0.39, 0.29) is 26.3 Å². The zero-order chi connectivity index (χ0) is 26.9. The van der Waals surface area contributed by atoms with Gasteiger partial charge in [0.1, 0.15) is 12.2 Å². The maximum absolute atomic E-state index is 13.6. The highest BCUT2D eigenvalue weighted by Crippen LogP contribution is 2.30. The first-order chi connectivity index (χ1) is 17.5. The molecule has 0 radical (unpaired) electrons. The van der Waals surface area contributed by atoms with Crippen LogP contribution < -0.4 is 15.2 Å². The lowest BCUT2D eigenvalue weighted by Crippen LogP contribution is -2.38. The summed E-state index contributed by atoms with van der Waals surface area (Å²) in [5.74, 6) is -0.701. The standard InChI is InChI=1S/C26H24Cl2N4O4S/c1-17-9-12-21(13-10-17)37(35,36)31(20-11-14-22(27)23(28)15-20)16-24(33)29-25-18(2)30(3)32(26(25)34)19-7-5-4-6-8-19/h4-15H,16H2,1-3H3,(H,29,33). The lowest BCUT2D eigenvalue weighted by atomic mass is 10.2. The summed E-state index contributed by atoms with van der Waals surface area (Å²) in [6.45, 7) is 2.93. The third kappa shape index (κ3) is 5.29. The molecule has 0 saturated heterocycles. The smallest absolute Gasteiger partial charge is 0.295 e. The topological polar surface area (TPSA) is 93.4 Å². The molecule has 1 aromatic heterocycles. The predicted molar refractivity (Wildman–Crippen MR) is 147 cm³/mol. The fraction of sp³-hybridized carbons (Fsp3) is 0.154. The highest BCUT2D eigenvalue weighted by atomic mass is 35.5. The molecule has 192 valence electrons. The fourth-order valence-electron chi connectivity index (χ4n) is 3.81. The Labute approximate surface area is 224 Å². The predicted octanol–water partition coefficient (Wildman–Crippen LogP) is 4.93. The molecular formula is C26H24Cl2N4O4S. The second kappa shape index (κ2) is 10.5. The number of sulfonamides is 1. The van der Waals surface area contributed by atoms with Crippen LogP contribution in [0.5, 0.6) is 0 Å². The van der Waals surface area contributed by atoms with Crippen molar-refractivity contribution >= 4 is 50.5 Å². The second-order valence-electron chi connectivity index (χ2n) is 8.41. The Balaban J connectivity index is 1.71. The Kier molecular flexibility index (Phi) is 7.49. The van der Waals surface area contributed by atoms with Crippen LogP contribution in [0.3, 0.4) is 0 Å². The van der Waals surface area contributed by atoms with Gasteiger partial charge in [-0.25, -0.2) is 13.1 Å². The van der Waals surface area contributed by atoms with Gasteiger partial charge in [0.25, 0.3) is 15.6 Å². The number of nitrogens with one attached hydrogen (secondary N) is 1. The number of aromatic nitrogens is 2. The van der Waals surface area contributed by atoms with E-state index < -0.39 is 28.0 Å². The maximum atomic E-state index is 13.6. The molecule has 4 aromatic rings. The molecule has 0 aliphatic carbocycles. The average molecular weight is 559 g/mol. The number of halogens is 2. The number of aryl methyl sites for hydroxylation is 1. The maximum Gasteiger partial charge on any atom is 0.295 e. The highest BCUT2D eigenvalue weighted by Gasteiger charge is 2.29. The van der Waals surface area contributed by atoms with Gasteiger partial charge in [-0.15, -0.1) is 0 Å². The number of carbonyl (C=O) groups is 1. The summed E-state index contributed by atoms with van der Waals surface area (Å²) in [4.78, 5) is 26.4. The first-order valence-electron chi connectivity index (χ1n) is 11.2. The van der Waals surface area contributed by atoms with Crippen molar-refractivity contribution in [3.63, 3.8) is 0 Å². The molecule has 0 aliphatic heterocycles. The first-order valence-corrected chi connectivity index (χ1v) is 13.4. The molecule has 0 unspecified atom stereocenters. The SMILES string of the molecule is Cc1ccc(S(=O)(=O)N(CC(=O)Nc2c(C)n(C)n(-c3ccccc3)c2=O)c2ccc(Cl)c(Cl)c2)cc1. The Morgan fingerprint density at radius 1 is 0.946 bits per heavy atom. The van der Waals surface area contributed by atoms with E-state index in [4.69, 9.17) is 23.2 Å². The van der Waals surface area contributed by atoms with Crippen molar-refractivity contribution in [2.24, 2.45) is 7.05 Å². The third-order valence-electron chi connectivity index (χ3n) is 5.91. The minimum absolute atomic E-state index is 0.000651. The minimum Gasteiger partial charge on any atom is -0.318 e. The van der Waals surface area contributed by atoms with Gasteiger partial charge < -0.3 is 5.32 Å². The number of carbonyl (C=O) groups excluding carboxylic acids is 1. The van der Waals surface area contributed by atoms with Crippen LogP contribution in [0.1, 0.15) is 11.3 Å². The van der Waals surface area contributed by atoms with E-state index in [2.05, 4.69) is 5.32 Å². The van der Waals surface area contributed by atoms with Crippen LogP contribution in [0, 0.1) is 13.8 Å². The quantitative estimate of drug-likeness (QED) is 0.348. The number of hydrogen-bond acceptors (Lipinski definition) is 4. The van der Waals surface area contributed by atoms with Gasteiger partial charge in [0.05, 0.1) is 32.0 Å². The molecule has 1 amide bonds. The van der Waals surface area contributed by atoms with Crippen LogP contribution >= 0.6 is 23.2 Å². The zero-order valence-corrected chi connectivity index (χ0v) is 22.6. The summed E-state index contributed by atoms with van der Waals surface area (Å²) in [7, 11) is -2.47. The summed E-state index contributed by atoms with van der Waals surface area (Å²) in [5, 5.41) is 2.98. The molecule has 8 nitrogen and oxygen atoms in total. The number of nitrogens with zero attached hydrogens (tertiary/aromatic N) is 3. The Hall–Kier alpha value is -3.53. The summed E-state index contributed by atoms with van der Waals surface area (Å²) in [6.07, 6.45) is 0. The number of anilines is 2. The molecule has 0 bridgehead atoms. The van der Waals surface area contributed by atoms with Crippen molar-refractivity contribution in [1.29, 1.82) is 0 Å². The lowest BCUT2D eigenvalue weighted by molar-refractivity contribution is -0.114. The number of amides is 1. The van der Waals surface area contributed by atoms with E-state index >= 15 is 0 Å². The fourth-order valence-corrected chi connectivity index (χ4v) is 5.52. The molecule has 0 aliphatic rings. The van der Waals surface area contributed by atoms with Crippen molar-refractivity contribution in [3.8, 4) is 5.69 Å². The van der Waals surface area contributed by atoms with E-state index in [9.17, 15) is 18.0 Å². The third-order valence-corrected chi connectivity index (χ3v) is 8.43. The van der Waals surface area contributed by atoms with E-state index in [1.54, 1.807) is 55.1 Å². The van der Waals surface area contributed by atoms with Crippen molar-refractivity contribution in [3.05, 3.63) is 104 Å². The molecule has 37 heavy (non-hydrogen) atoms. The van der Waals surface area contributed by atoms with Crippen LogP contribution in [0.25, 0.3) is 5.69 Å². The van der Waals surface area contributed by atoms with Gasteiger partial charge in [0, 0.05) is 7.05 Å². The van der Waals surface area contributed by atoms with Gasteiger partial charge in [-0.2, -0.15) is 0 Å². The monoisotopic (exact) mass is 558 g/mol. The summed E-state index contributed by atoms with van der Waals surface area (Å²) >= 11 is 12.2. The highest BCUT2D eigenvalue weighted by molar-refractivity contribution is 7.92. The Bertz CT molecular complexity index is 1630. The molecule has 1 heterocycles. The van der Waals surface area contributed by atoms with Crippen molar-refractivity contribution in [2.45, 2.75) is 18.7 Å². The molecule has 0 saturated carbocycles. The summed E-state index contributed by atoms with van der Waals surface area (Å²) in [6, 6.07) is 19.5. The molecule has 4 rings (SSSR count). The molecule has 0 fully saturated rings. The summed E-state index contributed by atoms with van der Waals surface area (Å²) in [5.41, 5.74) is 1.77.